The summed E-state index contributed by atoms with van der Waals surface area (Å²) in [6.45, 7) is 4.70. The highest BCUT2D eigenvalue weighted by atomic mass is 15.2. The molecule has 1 rings (SSSR count). The first kappa shape index (κ1) is 13.0. The van der Waals surface area contributed by atoms with Gasteiger partial charge in [-0.05, 0) is 53.8 Å². The molecular weight excluding hydrogens is 184 g/mol. The summed E-state index contributed by atoms with van der Waals surface area (Å²) in [5.41, 5.74) is 0.247. The average Bonchev–Trinajstić information content (AvgIpc) is 2.19. The third-order valence-corrected chi connectivity index (χ3v) is 4.35. The Morgan fingerprint density at radius 1 is 1.13 bits per heavy atom. The number of nitrogens with zero attached hydrogens (tertiary/aromatic N) is 1. The minimum Gasteiger partial charge on any atom is -0.315 e. The van der Waals surface area contributed by atoms with Crippen LogP contribution in [0.2, 0.25) is 0 Å². The Morgan fingerprint density at radius 2 is 1.67 bits per heavy atom. The lowest BCUT2D eigenvalue weighted by Gasteiger charge is -2.45. The van der Waals surface area contributed by atoms with Gasteiger partial charge in [-0.25, -0.2) is 0 Å². The third kappa shape index (κ3) is 2.94. The van der Waals surface area contributed by atoms with E-state index in [2.05, 4.69) is 45.2 Å². The maximum Gasteiger partial charge on any atom is 0.0302 e. The van der Waals surface area contributed by atoms with Gasteiger partial charge in [0.1, 0.15) is 0 Å². The third-order valence-electron chi connectivity index (χ3n) is 4.35. The minimum atomic E-state index is 0.247. The molecule has 0 aromatic carbocycles. The van der Waals surface area contributed by atoms with E-state index >= 15 is 0 Å². The maximum absolute atomic E-state index is 3.55. The Kier molecular flexibility index (Phi) is 4.60. The molecule has 0 aromatic rings. The van der Waals surface area contributed by atoms with Gasteiger partial charge in [-0.1, -0.05) is 19.3 Å². The van der Waals surface area contributed by atoms with Crippen molar-refractivity contribution >= 4 is 0 Å². The van der Waals surface area contributed by atoms with Crippen LogP contribution < -0.4 is 5.32 Å². The molecule has 0 heterocycles. The van der Waals surface area contributed by atoms with E-state index in [1.807, 2.05) is 0 Å². The highest BCUT2D eigenvalue weighted by Gasteiger charge is 2.36. The molecular formula is C13H28N2. The van der Waals surface area contributed by atoms with Gasteiger partial charge in [0.05, 0.1) is 0 Å². The second-order valence-corrected chi connectivity index (χ2v) is 5.71. The predicted molar refractivity (Wildman–Crippen MR) is 67.2 cm³/mol. The van der Waals surface area contributed by atoms with E-state index in [1.165, 1.54) is 32.1 Å². The Bertz CT molecular complexity index is 181. The van der Waals surface area contributed by atoms with Gasteiger partial charge in [0.25, 0.3) is 0 Å². The highest BCUT2D eigenvalue weighted by molar-refractivity contribution is 4.95. The first-order chi connectivity index (χ1) is 7.00. The number of nitrogens with one attached hydrogen (secondary N) is 1. The SMILES string of the molecule is CNC(C1CCCCC1)C(C)(C)N(C)C. The van der Waals surface area contributed by atoms with Gasteiger partial charge in [-0.2, -0.15) is 0 Å². The van der Waals surface area contributed by atoms with Crippen LogP contribution >= 0.6 is 0 Å². The van der Waals surface area contributed by atoms with Gasteiger partial charge in [-0.15, -0.1) is 0 Å². The van der Waals surface area contributed by atoms with Gasteiger partial charge in [0.15, 0.2) is 0 Å². The summed E-state index contributed by atoms with van der Waals surface area (Å²) in [5.74, 6) is 0.862. The molecule has 0 spiro atoms. The van der Waals surface area contributed by atoms with Crippen molar-refractivity contribution in [3.63, 3.8) is 0 Å². The van der Waals surface area contributed by atoms with Gasteiger partial charge in [-0.3, -0.25) is 0 Å². The molecule has 0 aliphatic heterocycles. The van der Waals surface area contributed by atoms with Crippen molar-refractivity contribution in [3.8, 4) is 0 Å². The molecule has 0 aromatic heterocycles. The summed E-state index contributed by atoms with van der Waals surface area (Å²) in [4.78, 5) is 2.35. The van der Waals surface area contributed by atoms with Gasteiger partial charge in [0, 0.05) is 11.6 Å². The Balaban J connectivity index is 2.68. The predicted octanol–water partition coefficient (Wildman–Crippen LogP) is 2.49. The second-order valence-electron chi connectivity index (χ2n) is 5.71. The van der Waals surface area contributed by atoms with Crippen molar-refractivity contribution in [1.29, 1.82) is 0 Å². The first-order valence-electron chi connectivity index (χ1n) is 6.35. The normalized spacial score (nSPS) is 22.0. The van der Waals surface area contributed by atoms with Crippen LogP contribution in [0.5, 0.6) is 0 Å². The zero-order chi connectivity index (χ0) is 11.5. The van der Waals surface area contributed by atoms with Crippen molar-refractivity contribution in [2.45, 2.75) is 57.5 Å². The molecule has 2 heteroatoms. The van der Waals surface area contributed by atoms with Crippen molar-refractivity contribution in [2.75, 3.05) is 21.1 Å². The summed E-state index contributed by atoms with van der Waals surface area (Å²) in [5, 5.41) is 3.55. The van der Waals surface area contributed by atoms with E-state index in [-0.39, 0.29) is 5.54 Å². The van der Waals surface area contributed by atoms with Crippen molar-refractivity contribution in [3.05, 3.63) is 0 Å². The lowest BCUT2D eigenvalue weighted by molar-refractivity contribution is 0.0916. The van der Waals surface area contributed by atoms with Gasteiger partial charge in [0.2, 0.25) is 0 Å². The van der Waals surface area contributed by atoms with Crippen LogP contribution in [0.25, 0.3) is 0 Å². The largest absolute Gasteiger partial charge is 0.315 e. The minimum absolute atomic E-state index is 0.247. The number of rotatable bonds is 4. The molecule has 1 saturated carbocycles. The average molecular weight is 212 g/mol. The van der Waals surface area contributed by atoms with Crippen LogP contribution in [0.4, 0.5) is 0 Å². The van der Waals surface area contributed by atoms with Crippen LogP contribution in [-0.4, -0.2) is 37.6 Å². The lowest BCUT2D eigenvalue weighted by atomic mass is 9.76. The molecule has 90 valence electrons. The number of likely N-dealkylation sites (N-methyl/N-ethyl adjacent to an activating group) is 2. The quantitative estimate of drug-likeness (QED) is 0.770. The first-order valence-corrected chi connectivity index (χ1v) is 6.35. The van der Waals surface area contributed by atoms with Crippen LogP contribution in [0, 0.1) is 5.92 Å². The summed E-state index contributed by atoms with van der Waals surface area (Å²) < 4.78 is 0. The fourth-order valence-electron chi connectivity index (χ4n) is 2.91. The van der Waals surface area contributed by atoms with Gasteiger partial charge >= 0.3 is 0 Å². The summed E-state index contributed by atoms with van der Waals surface area (Å²) in [7, 11) is 6.49. The molecule has 15 heavy (non-hydrogen) atoms. The maximum atomic E-state index is 3.55. The topological polar surface area (TPSA) is 15.3 Å². The molecule has 1 fully saturated rings. The van der Waals surface area contributed by atoms with Crippen molar-refractivity contribution in [2.24, 2.45) is 5.92 Å². The van der Waals surface area contributed by atoms with E-state index in [0.29, 0.717) is 6.04 Å². The zero-order valence-corrected chi connectivity index (χ0v) is 11.1. The molecule has 0 bridgehead atoms. The molecule has 1 N–H and O–H groups in total. The highest BCUT2D eigenvalue weighted by Crippen LogP contribution is 2.32. The summed E-state index contributed by atoms with van der Waals surface area (Å²) in [6, 6.07) is 0.618. The Hall–Kier alpha value is -0.0800. The molecule has 1 unspecified atom stereocenters. The van der Waals surface area contributed by atoms with Crippen LogP contribution in [-0.2, 0) is 0 Å². The van der Waals surface area contributed by atoms with Gasteiger partial charge < -0.3 is 10.2 Å². The van der Waals surface area contributed by atoms with E-state index in [9.17, 15) is 0 Å². The van der Waals surface area contributed by atoms with E-state index in [0.717, 1.165) is 5.92 Å². The standard InChI is InChI=1S/C13H28N2/c1-13(2,15(4)5)12(14-3)11-9-7-6-8-10-11/h11-12,14H,6-10H2,1-5H3. The number of hydrogen-bond donors (Lipinski definition) is 1. The molecule has 1 aliphatic carbocycles. The van der Waals surface area contributed by atoms with Crippen LogP contribution in [0.15, 0.2) is 0 Å². The fourth-order valence-corrected chi connectivity index (χ4v) is 2.91. The molecule has 0 saturated heterocycles. The van der Waals surface area contributed by atoms with E-state index in [4.69, 9.17) is 0 Å². The molecule has 1 atom stereocenters. The van der Waals surface area contributed by atoms with Crippen molar-refractivity contribution in [1.82, 2.24) is 10.2 Å². The Labute approximate surface area is 95.4 Å². The second kappa shape index (κ2) is 5.31. The van der Waals surface area contributed by atoms with Crippen LogP contribution in [0.1, 0.15) is 46.0 Å². The molecule has 1 aliphatic rings. The number of hydrogen-bond acceptors (Lipinski definition) is 2. The monoisotopic (exact) mass is 212 g/mol. The fraction of sp³-hybridized carbons (Fsp3) is 1.00. The van der Waals surface area contributed by atoms with Crippen LogP contribution in [0.3, 0.4) is 0 Å². The lowest BCUT2D eigenvalue weighted by Crippen LogP contribution is -2.57. The summed E-state index contributed by atoms with van der Waals surface area (Å²) in [6.07, 6.45) is 7.10. The zero-order valence-electron chi connectivity index (χ0n) is 11.1. The smallest absolute Gasteiger partial charge is 0.0302 e. The Morgan fingerprint density at radius 3 is 2.07 bits per heavy atom. The van der Waals surface area contributed by atoms with E-state index < -0.39 is 0 Å². The molecule has 0 amide bonds. The summed E-state index contributed by atoms with van der Waals surface area (Å²) >= 11 is 0. The molecule has 2 nitrogen and oxygen atoms in total. The molecule has 0 radical (unpaired) electrons. The van der Waals surface area contributed by atoms with E-state index in [1.54, 1.807) is 0 Å². The van der Waals surface area contributed by atoms with Crippen molar-refractivity contribution < 1.29 is 0 Å².